The number of nitrogens with zero attached hydrogens (tertiary/aromatic N) is 1. The van der Waals surface area contributed by atoms with E-state index < -0.39 is 0 Å². The lowest BCUT2D eigenvalue weighted by Gasteiger charge is -2.09. The second-order valence-electron chi connectivity index (χ2n) is 3.23. The zero-order valence-corrected chi connectivity index (χ0v) is 10.1. The summed E-state index contributed by atoms with van der Waals surface area (Å²) in [6.07, 6.45) is 0. The molecular weight excluding hydrogens is 240 g/mol. The fourth-order valence-electron chi connectivity index (χ4n) is 1.40. The third kappa shape index (κ3) is 2.61. The molecule has 2 nitrogen and oxygen atoms in total. The molecule has 1 aromatic heterocycles. The quantitative estimate of drug-likeness (QED) is 0.891. The van der Waals surface area contributed by atoms with Crippen molar-refractivity contribution in [3.05, 3.63) is 57.8 Å². The van der Waals surface area contributed by atoms with Crippen molar-refractivity contribution in [1.29, 1.82) is 5.26 Å². The number of rotatable bonds is 2. The van der Waals surface area contributed by atoms with Crippen LogP contribution in [0.1, 0.15) is 22.0 Å². The molecule has 1 heterocycles. The average molecular weight is 251 g/mol. The summed E-state index contributed by atoms with van der Waals surface area (Å²) in [7, 11) is 0. The van der Waals surface area contributed by atoms with Crippen LogP contribution in [-0.4, -0.2) is 0 Å². The van der Waals surface area contributed by atoms with Gasteiger partial charge in [0.25, 0.3) is 0 Å². The molecule has 0 spiro atoms. The van der Waals surface area contributed by atoms with Crippen molar-refractivity contribution in [2.24, 2.45) is 5.73 Å². The third-order valence-electron chi connectivity index (χ3n) is 2.25. The van der Waals surface area contributed by atoms with Gasteiger partial charge >= 0.3 is 0 Å². The molecule has 1 aromatic carbocycles. The highest BCUT2D eigenvalue weighted by Crippen LogP contribution is 2.23. The van der Waals surface area contributed by atoms with E-state index in [1.54, 1.807) is 23.5 Å². The molecule has 0 aliphatic heterocycles. The predicted molar refractivity (Wildman–Crippen MR) is 68.8 cm³/mol. The van der Waals surface area contributed by atoms with E-state index in [-0.39, 0.29) is 18.4 Å². The Morgan fingerprint density at radius 2 is 1.88 bits per heavy atom. The summed E-state index contributed by atoms with van der Waals surface area (Å²) < 4.78 is 0. The standard InChI is InChI=1S/C12H10N2S.ClH/c13-8-9-3-5-10(6-4-9)12(14)11-2-1-7-15-11;/h1-7,12H,14H2;1H/t12-;/m1./s1. The number of hydrogen-bond donors (Lipinski definition) is 1. The number of hydrogen-bond acceptors (Lipinski definition) is 3. The van der Waals surface area contributed by atoms with E-state index in [2.05, 4.69) is 6.07 Å². The van der Waals surface area contributed by atoms with Crippen LogP contribution >= 0.6 is 23.7 Å². The Morgan fingerprint density at radius 1 is 1.19 bits per heavy atom. The van der Waals surface area contributed by atoms with Crippen LogP contribution < -0.4 is 5.73 Å². The van der Waals surface area contributed by atoms with Crippen LogP contribution in [0.3, 0.4) is 0 Å². The summed E-state index contributed by atoms with van der Waals surface area (Å²) >= 11 is 1.65. The van der Waals surface area contributed by atoms with Crippen LogP contribution in [0.5, 0.6) is 0 Å². The molecular formula is C12H11ClN2S. The molecule has 2 N–H and O–H groups in total. The van der Waals surface area contributed by atoms with Crippen LogP contribution in [0.25, 0.3) is 0 Å². The Bertz CT molecular complexity index is 471. The van der Waals surface area contributed by atoms with Crippen molar-refractivity contribution in [3.8, 4) is 6.07 Å². The maximum atomic E-state index is 8.67. The van der Waals surface area contributed by atoms with Crippen molar-refractivity contribution < 1.29 is 0 Å². The van der Waals surface area contributed by atoms with E-state index in [0.29, 0.717) is 5.56 Å². The summed E-state index contributed by atoms with van der Waals surface area (Å²) in [5, 5.41) is 10.7. The summed E-state index contributed by atoms with van der Waals surface area (Å²) in [6, 6.07) is 13.4. The zero-order valence-electron chi connectivity index (χ0n) is 8.46. The Hall–Kier alpha value is -1.34. The first-order valence-electron chi connectivity index (χ1n) is 4.60. The van der Waals surface area contributed by atoms with E-state index in [9.17, 15) is 0 Å². The minimum atomic E-state index is -0.0854. The monoisotopic (exact) mass is 250 g/mol. The highest BCUT2D eigenvalue weighted by molar-refractivity contribution is 7.10. The maximum absolute atomic E-state index is 8.67. The highest BCUT2D eigenvalue weighted by atomic mass is 35.5. The van der Waals surface area contributed by atoms with Crippen molar-refractivity contribution in [2.45, 2.75) is 6.04 Å². The van der Waals surface area contributed by atoms with Crippen LogP contribution in [-0.2, 0) is 0 Å². The largest absolute Gasteiger partial charge is 0.320 e. The van der Waals surface area contributed by atoms with E-state index in [4.69, 9.17) is 11.0 Å². The number of nitrogens with two attached hydrogens (primary N) is 1. The predicted octanol–water partition coefficient (Wildman–Crippen LogP) is 3.09. The molecule has 2 aromatic rings. The van der Waals surface area contributed by atoms with Gasteiger partial charge in [0.2, 0.25) is 0 Å². The fourth-order valence-corrected chi connectivity index (χ4v) is 2.15. The van der Waals surface area contributed by atoms with Crippen LogP contribution in [0.2, 0.25) is 0 Å². The molecule has 1 atom stereocenters. The smallest absolute Gasteiger partial charge is 0.0991 e. The molecule has 0 fully saturated rings. The van der Waals surface area contributed by atoms with Gasteiger partial charge in [-0.15, -0.1) is 23.7 Å². The Balaban J connectivity index is 0.00000128. The van der Waals surface area contributed by atoms with Crippen LogP contribution in [0.15, 0.2) is 41.8 Å². The van der Waals surface area contributed by atoms with Gasteiger partial charge in [0.1, 0.15) is 0 Å². The van der Waals surface area contributed by atoms with Crippen LogP contribution in [0.4, 0.5) is 0 Å². The summed E-state index contributed by atoms with van der Waals surface area (Å²) in [6.45, 7) is 0. The topological polar surface area (TPSA) is 49.8 Å². The molecule has 0 aliphatic carbocycles. The lowest BCUT2D eigenvalue weighted by Crippen LogP contribution is -2.09. The molecule has 0 saturated heterocycles. The first kappa shape index (κ1) is 12.7. The first-order valence-corrected chi connectivity index (χ1v) is 5.48. The van der Waals surface area contributed by atoms with Crippen LogP contribution in [0, 0.1) is 11.3 Å². The Kier molecular flexibility index (Phi) is 4.51. The molecule has 0 unspecified atom stereocenters. The molecule has 0 aliphatic rings. The molecule has 0 radical (unpaired) electrons. The number of nitriles is 1. The third-order valence-corrected chi connectivity index (χ3v) is 3.20. The summed E-state index contributed by atoms with van der Waals surface area (Å²) in [5.41, 5.74) is 7.78. The van der Waals surface area contributed by atoms with E-state index in [1.807, 2.05) is 29.6 Å². The van der Waals surface area contributed by atoms with Gasteiger partial charge in [-0.3, -0.25) is 0 Å². The molecule has 0 amide bonds. The van der Waals surface area contributed by atoms with E-state index >= 15 is 0 Å². The van der Waals surface area contributed by atoms with Crippen molar-refractivity contribution in [2.75, 3.05) is 0 Å². The van der Waals surface area contributed by atoms with E-state index in [1.165, 1.54) is 0 Å². The number of halogens is 1. The normalized spacial score (nSPS) is 11.2. The van der Waals surface area contributed by atoms with Crippen molar-refractivity contribution in [1.82, 2.24) is 0 Å². The second-order valence-corrected chi connectivity index (χ2v) is 4.21. The van der Waals surface area contributed by atoms with Crippen molar-refractivity contribution >= 4 is 23.7 Å². The van der Waals surface area contributed by atoms with Gasteiger partial charge in [0.05, 0.1) is 17.7 Å². The fraction of sp³-hybridized carbons (Fsp3) is 0.0833. The number of thiophene rings is 1. The summed E-state index contributed by atoms with van der Waals surface area (Å²) in [4.78, 5) is 1.14. The lowest BCUT2D eigenvalue weighted by atomic mass is 10.0. The van der Waals surface area contributed by atoms with Gasteiger partial charge in [-0.05, 0) is 29.1 Å². The Morgan fingerprint density at radius 3 is 2.38 bits per heavy atom. The van der Waals surface area contributed by atoms with Gasteiger partial charge in [0.15, 0.2) is 0 Å². The Labute approximate surface area is 105 Å². The van der Waals surface area contributed by atoms with Gasteiger partial charge in [-0.25, -0.2) is 0 Å². The SMILES string of the molecule is Cl.N#Cc1ccc([C@@H](N)c2cccs2)cc1. The van der Waals surface area contributed by atoms with Gasteiger partial charge in [-0.1, -0.05) is 18.2 Å². The lowest BCUT2D eigenvalue weighted by molar-refractivity contribution is 0.893. The van der Waals surface area contributed by atoms with E-state index in [0.717, 1.165) is 10.4 Å². The first-order chi connectivity index (χ1) is 7.31. The molecule has 16 heavy (non-hydrogen) atoms. The molecule has 0 saturated carbocycles. The van der Waals surface area contributed by atoms with Crippen molar-refractivity contribution in [3.63, 3.8) is 0 Å². The molecule has 4 heteroatoms. The minimum Gasteiger partial charge on any atom is -0.320 e. The number of benzene rings is 1. The maximum Gasteiger partial charge on any atom is 0.0991 e. The molecule has 0 bridgehead atoms. The second kappa shape index (κ2) is 5.66. The minimum absolute atomic E-state index is 0. The zero-order chi connectivity index (χ0) is 10.7. The molecule has 82 valence electrons. The summed E-state index contributed by atoms with van der Waals surface area (Å²) in [5.74, 6) is 0. The highest BCUT2D eigenvalue weighted by Gasteiger charge is 2.08. The average Bonchev–Trinajstić information content (AvgIpc) is 2.82. The van der Waals surface area contributed by atoms with Gasteiger partial charge < -0.3 is 5.73 Å². The van der Waals surface area contributed by atoms with Gasteiger partial charge in [-0.2, -0.15) is 5.26 Å². The van der Waals surface area contributed by atoms with Gasteiger partial charge in [0, 0.05) is 4.88 Å². The molecule has 2 rings (SSSR count).